The van der Waals surface area contributed by atoms with Crippen molar-refractivity contribution in [3.63, 3.8) is 0 Å². The van der Waals surface area contributed by atoms with Gasteiger partial charge in [-0.25, -0.2) is 15.0 Å². The van der Waals surface area contributed by atoms with Crippen LogP contribution in [-0.2, 0) is 28.6 Å². The molecule has 15 nitrogen and oxygen atoms in total. The first-order valence-corrected chi connectivity index (χ1v) is 23.4. The molecule has 3 heterocycles. The Morgan fingerprint density at radius 3 is 1.92 bits per heavy atom. The highest BCUT2D eigenvalue weighted by atomic mass is 31.1. The zero-order valence-corrected chi connectivity index (χ0v) is 38.1. The molecule has 1 fully saturated rings. The van der Waals surface area contributed by atoms with Gasteiger partial charge >= 0.3 is 8.25 Å². The van der Waals surface area contributed by atoms with Gasteiger partial charge in [0, 0.05) is 18.7 Å². The number of aromatic nitrogens is 5. The summed E-state index contributed by atoms with van der Waals surface area (Å²) in [4.78, 5) is 26.1. The van der Waals surface area contributed by atoms with Crippen molar-refractivity contribution in [3.05, 3.63) is 102 Å². The number of fused-ring (bicyclic) bond motifs is 1. The Kier molecular flexibility index (Phi) is 14.2. The number of ether oxygens (including phenoxy) is 4. The molecule has 0 spiro atoms. The summed E-state index contributed by atoms with van der Waals surface area (Å²) in [5.74, 6) is 2.40. The third kappa shape index (κ3) is 8.73. The van der Waals surface area contributed by atoms with Gasteiger partial charge in [-0.2, -0.15) is 4.68 Å². The third-order valence-electron chi connectivity index (χ3n) is 11.6. The minimum atomic E-state index is -3.14. The highest BCUT2D eigenvalue weighted by Gasteiger charge is 2.58. The monoisotopic (exact) mass is 858 g/mol. The normalized spacial score (nSPS) is 19.1. The second kappa shape index (κ2) is 18.9. The molecule has 0 amide bonds. The van der Waals surface area contributed by atoms with Crippen molar-refractivity contribution >= 4 is 39.4 Å². The molecule has 17 heteroatoms. The maximum Gasteiger partial charge on any atom is 0.695 e. The molecule has 6 rings (SSSR count). The summed E-state index contributed by atoms with van der Waals surface area (Å²) in [6, 6.07) is 25.3. The van der Waals surface area contributed by atoms with E-state index >= 15 is 0 Å². The van der Waals surface area contributed by atoms with Crippen LogP contribution >= 0.6 is 8.25 Å². The van der Waals surface area contributed by atoms with Gasteiger partial charge < -0.3 is 28.3 Å². The molecule has 320 valence electrons. The molecule has 0 saturated carbocycles. The minimum Gasteiger partial charge on any atom is -0.497 e. The van der Waals surface area contributed by atoms with Gasteiger partial charge in [-0.15, -0.1) is 14.5 Å². The quantitative estimate of drug-likeness (QED) is 0.0312. The molecule has 0 aliphatic carbocycles. The summed E-state index contributed by atoms with van der Waals surface area (Å²) in [6.45, 7) is 14.8. The van der Waals surface area contributed by atoms with E-state index in [-0.39, 0.29) is 23.2 Å². The number of nitrogens with zero attached hydrogens (tertiary/aromatic N) is 7. The van der Waals surface area contributed by atoms with Crippen LogP contribution in [0.1, 0.15) is 71.4 Å². The highest BCUT2D eigenvalue weighted by molar-refractivity contribution is 7.32. The van der Waals surface area contributed by atoms with E-state index in [1.54, 1.807) is 18.9 Å². The molecule has 0 bridgehead atoms. The fourth-order valence-electron chi connectivity index (χ4n) is 8.58. The Morgan fingerprint density at radius 2 is 1.42 bits per heavy atom. The zero-order valence-electron chi connectivity index (χ0n) is 36.2. The smallest absolute Gasteiger partial charge is 0.497 e. The van der Waals surface area contributed by atoms with Crippen LogP contribution in [0.15, 0.2) is 90.2 Å². The molecule has 2 aromatic heterocycles. The molecule has 1 aliphatic heterocycles. The minimum absolute atomic E-state index is 0.115. The number of methoxy groups -OCH3 is 2. The van der Waals surface area contributed by atoms with Crippen molar-refractivity contribution in [1.29, 1.82) is 0 Å². The Balaban J connectivity index is 1.53. The zero-order chi connectivity index (χ0) is 43.4. The Morgan fingerprint density at radius 1 is 0.867 bits per heavy atom. The lowest BCUT2D eigenvalue weighted by atomic mass is 9.80. The lowest BCUT2D eigenvalue weighted by molar-refractivity contribution is -0.0949. The van der Waals surface area contributed by atoms with Crippen LogP contribution in [0, 0.1) is 0 Å². The Hall–Kier alpha value is -4.67. The third-order valence-corrected chi connectivity index (χ3v) is 18.1. The van der Waals surface area contributed by atoms with E-state index < -0.39 is 46.7 Å². The van der Waals surface area contributed by atoms with E-state index in [2.05, 4.69) is 66.8 Å². The fourth-order valence-corrected chi connectivity index (χ4v) is 14.6. The van der Waals surface area contributed by atoms with Crippen LogP contribution in [0.25, 0.3) is 11.2 Å². The summed E-state index contributed by atoms with van der Waals surface area (Å²) in [7, 11) is 1.14. The molecule has 1 unspecified atom stereocenters. The molecule has 5 atom stereocenters. The molecular weight excluding hydrogens is 802 g/mol. The predicted octanol–water partition coefficient (Wildman–Crippen LogP) is 8.35. The average molecular weight is 859 g/mol. The molecule has 1 N–H and O–H groups in total. The van der Waals surface area contributed by atoms with Gasteiger partial charge in [-0.3, -0.25) is 0 Å². The summed E-state index contributed by atoms with van der Waals surface area (Å²) < 4.78 is 53.3. The van der Waals surface area contributed by atoms with E-state index in [0.29, 0.717) is 34.3 Å². The number of hydrogen-bond acceptors (Lipinski definition) is 12. The van der Waals surface area contributed by atoms with Crippen molar-refractivity contribution < 1.29 is 37.4 Å². The van der Waals surface area contributed by atoms with Crippen molar-refractivity contribution in [3.8, 4) is 11.5 Å². The van der Waals surface area contributed by atoms with Crippen molar-refractivity contribution in [1.82, 2.24) is 29.9 Å². The standard InChI is InChI=1S/C43H56N7O8PSi/c1-27(2)60(28(3)4,29(5)6)58-39-38(57-59(51)52)36(56-42(39)50-41-37(47-48-50)40(44-26-45-41)46-30(7)49(8)9)25-55-43(31-15-13-12-14-16-31,32-17-21-34(53-10)22-18-32)33-19-23-35(54-11)24-20-33/h12-24,26-29,36,38-39,42H,25H2,1-11H3/p+1/b46-30+/t36-,38-,39-,42-/m1/s1. The Bertz CT molecular complexity index is 2170. The molecule has 3 aromatic carbocycles. The molecule has 60 heavy (non-hydrogen) atoms. The summed E-state index contributed by atoms with van der Waals surface area (Å²) in [6.07, 6.45) is -2.60. The van der Waals surface area contributed by atoms with Crippen molar-refractivity contribution in [2.75, 3.05) is 34.9 Å². The first-order chi connectivity index (χ1) is 28.7. The second-order valence-electron chi connectivity index (χ2n) is 16.0. The van der Waals surface area contributed by atoms with Crippen LogP contribution in [0.4, 0.5) is 5.82 Å². The molecule has 1 aliphatic rings. The summed E-state index contributed by atoms with van der Waals surface area (Å²) in [5, 5.41) is 9.07. The first kappa shape index (κ1) is 44.9. The molecule has 0 radical (unpaired) electrons. The van der Waals surface area contributed by atoms with E-state index in [0.717, 1.165) is 16.7 Å². The fraction of sp³-hybridized carbons (Fsp3) is 0.465. The van der Waals surface area contributed by atoms with Gasteiger partial charge in [0.1, 0.15) is 41.5 Å². The molecular formula is C43H57N7O8PSi+. The van der Waals surface area contributed by atoms with Crippen LogP contribution in [0.2, 0.25) is 16.6 Å². The maximum atomic E-state index is 12.9. The average Bonchev–Trinajstić information content (AvgIpc) is 3.81. The number of rotatable bonds is 17. The topological polar surface area (TPSA) is 165 Å². The van der Waals surface area contributed by atoms with Gasteiger partial charge in [-0.05, 0) is 64.5 Å². The van der Waals surface area contributed by atoms with Gasteiger partial charge in [0.15, 0.2) is 29.3 Å². The number of hydrogen-bond donors (Lipinski definition) is 1. The van der Waals surface area contributed by atoms with E-state index in [1.807, 2.05) is 105 Å². The number of benzene rings is 3. The van der Waals surface area contributed by atoms with Crippen LogP contribution in [0.3, 0.4) is 0 Å². The van der Waals surface area contributed by atoms with Gasteiger partial charge in [0.05, 0.1) is 20.8 Å². The van der Waals surface area contributed by atoms with Crippen molar-refractivity contribution in [2.24, 2.45) is 4.99 Å². The van der Waals surface area contributed by atoms with E-state index in [1.165, 1.54) is 6.33 Å². The van der Waals surface area contributed by atoms with Crippen LogP contribution in [-0.4, -0.2) is 102 Å². The largest absolute Gasteiger partial charge is 0.695 e. The maximum absolute atomic E-state index is 12.9. The van der Waals surface area contributed by atoms with E-state index in [9.17, 15) is 9.46 Å². The lowest BCUT2D eigenvalue weighted by Gasteiger charge is -2.45. The first-order valence-electron chi connectivity index (χ1n) is 20.1. The number of aliphatic imine (C=N–C) groups is 1. The van der Waals surface area contributed by atoms with Gasteiger partial charge in [0.2, 0.25) is 8.32 Å². The highest BCUT2D eigenvalue weighted by Crippen LogP contribution is 2.49. The van der Waals surface area contributed by atoms with E-state index in [4.69, 9.17) is 27.9 Å². The second-order valence-corrected chi connectivity index (χ2v) is 22.1. The van der Waals surface area contributed by atoms with Gasteiger partial charge in [-0.1, -0.05) is 101 Å². The van der Waals surface area contributed by atoms with Crippen LogP contribution < -0.4 is 9.47 Å². The predicted molar refractivity (Wildman–Crippen MR) is 232 cm³/mol. The lowest BCUT2D eigenvalue weighted by Crippen LogP contribution is -2.53. The SMILES string of the molecule is COc1ccc(C(OC[C@H]2O[C@@H](n3nnc4c(/N=C(\C)N(C)C)ncnc43)[C@H](O[Si](C(C)C)(C(C)C)C(C)C)[C@@H]2O[P+](=O)O)(c2ccccc2)c2ccc(OC)cc2)cc1. The molecule has 5 aromatic rings. The summed E-state index contributed by atoms with van der Waals surface area (Å²) >= 11 is 0. The summed E-state index contributed by atoms with van der Waals surface area (Å²) in [5.41, 5.74) is 2.38. The molecule has 1 saturated heterocycles. The van der Waals surface area contributed by atoms with Crippen molar-refractivity contribution in [2.45, 2.75) is 95.2 Å². The Labute approximate surface area is 354 Å². The van der Waals surface area contributed by atoms with Gasteiger partial charge in [0.25, 0.3) is 0 Å². The van der Waals surface area contributed by atoms with Crippen LogP contribution in [0.5, 0.6) is 11.5 Å². The number of amidine groups is 1.